The van der Waals surface area contributed by atoms with Gasteiger partial charge in [0.25, 0.3) is 0 Å². The number of aromatic nitrogens is 2. The highest BCUT2D eigenvalue weighted by Crippen LogP contribution is 2.25. The van der Waals surface area contributed by atoms with Gasteiger partial charge in [0.1, 0.15) is 0 Å². The summed E-state index contributed by atoms with van der Waals surface area (Å²) >= 11 is 8.11. The molecule has 0 bridgehead atoms. The quantitative estimate of drug-likeness (QED) is 0.759. The molecule has 7 heteroatoms. The Balaban J connectivity index is 2.11. The molecule has 0 amide bonds. The molecule has 2 N–H and O–H groups in total. The smallest absolute Gasteiger partial charge is 0.320 e. The van der Waals surface area contributed by atoms with E-state index in [9.17, 15) is 0 Å². The first-order valence-corrected chi connectivity index (χ1v) is 7.34. The fourth-order valence-corrected chi connectivity index (χ4v) is 2.57. The van der Waals surface area contributed by atoms with Gasteiger partial charge in [-0.25, -0.2) is 0 Å². The monoisotopic (exact) mass is 392 g/mol. The summed E-state index contributed by atoms with van der Waals surface area (Å²) in [7, 11) is 0. The van der Waals surface area contributed by atoms with Crippen LogP contribution in [0.5, 0.6) is 0 Å². The third-order valence-electron chi connectivity index (χ3n) is 2.49. The van der Waals surface area contributed by atoms with E-state index in [-0.39, 0.29) is 6.04 Å². The minimum Gasteiger partial charge on any atom is -0.406 e. The van der Waals surface area contributed by atoms with Gasteiger partial charge >= 0.3 is 6.01 Å². The molecule has 1 aromatic heterocycles. The summed E-state index contributed by atoms with van der Waals surface area (Å²) in [5.74, 6) is 0.563. The number of rotatable bonds is 5. The third-order valence-corrected chi connectivity index (χ3v) is 3.62. The van der Waals surface area contributed by atoms with Gasteiger partial charge in [-0.3, -0.25) is 0 Å². The van der Waals surface area contributed by atoms with Crippen molar-refractivity contribution in [1.29, 1.82) is 0 Å². The molecule has 1 heterocycles. The lowest BCUT2D eigenvalue weighted by Gasteiger charge is -2.06. The van der Waals surface area contributed by atoms with Crippen LogP contribution in [-0.2, 0) is 0 Å². The highest BCUT2D eigenvalue weighted by molar-refractivity contribution is 14.1. The first-order chi connectivity index (χ1) is 9.10. The zero-order valence-electron chi connectivity index (χ0n) is 10.6. The zero-order chi connectivity index (χ0) is 13.8. The van der Waals surface area contributed by atoms with E-state index in [1.807, 2.05) is 32.0 Å². The Morgan fingerprint density at radius 3 is 2.89 bits per heavy atom. The van der Waals surface area contributed by atoms with Crippen molar-refractivity contribution < 1.29 is 4.42 Å². The number of nitrogens with zero attached hydrogens (tertiary/aromatic N) is 2. The summed E-state index contributed by atoms with van der Waals surface area (Å²) in [5.41, 5.74) is 0.885. The molecule has 0 spiro atoms. The predicted molar refractivity (Wildman–Crippen MR) is 83.8 cm³/mol. The van der Waals surface area contributed by atoms with Gasteiger partial charge < -0.3 is 15.1 Å². The molecule has 0 fully saturated rings. The largest absolute Gasteiger partial charge is 0.406 e. The van der Waals surface area contributed by atoms with Gasteiger partial charge in [0.05, 0.1) is 11.7 Å². The predicted octanol–water partition coefficient (Wildman–Crippen LogP) is 3.74. The van der Waals surface area contributed by atoms with E-state index < -0.39 is 0 Å². The van der Waals surface area contributed by atoms with E-state index in [0.717, 1.165) is 15.8 Å². The number of anilines is 2. The first-order valence-electron chi connectivity index (χ1n) is 5.89. The van der Waals surface area contributed by atoms with Gasteiger partial charge in [-0.1, -0.05) is 23.6 Å². The average Bonchev–Trinajstić information content (AvgIpc) is 2.82. The van der Waals surface area contributed by atoms with Crippen LogP contribution in [0.25, 0.3) is 0 Å². The molecule has 0 saturated carbocycles. The summed E-state index contributed by atoms with van der Waals surface area (Å²) in [6, 6.07) is 5.97. The Morgan fingerprint density at radius 1 is 1.42 bits per heavy atom. The van der Waals surface area contributed by atoms with Crippen LogP contribution in [0.1, 0.15) is 25.8 Å². The molecule has 0 aliphatic rings. The fraction of sp³-hybridized carbons (Fsp3) is 0.333. The number of nitrogens with one attached hydrogen (secondary N) is 2. The average molecular weight is 393 g/mol. The van der Waals surface area contributed by atoms with Crippen molar-refractivity contribution in [3.63, 3.8) is 0 Å². The Kier molecular flexibility index (Phi) is 5.00. The van der Waals surface area contributed by atoms with E-state index in [1.165, 1.54) is 0 Å². The summed E-state index contributed by atoms with van der Waals surface area (Å²) in [6.07, 6.45) is 0. The molecule has 0 saturated heterocycles. The summed E-state index contributed by atoms with van der Waals surface area (Å²) in [4.78, 5) is 0. The highest BCUT2D eigenvalue weighted by atomic mass is 127. The molecule has 0 aliphatic carbocycles. The van der Waals surface area contributed by atoms with Crippen LogP contribution < -0.4 is 10.6 Å². The molecule has 2 rings (SSSR count). The topological polar surface area (TPSA) is 63.0 Å². The first kappa shape index (κ1) is 14.5. The maximum Gasteiger partial charge on any atom is 0.320 e. The summed E-state index contributed by atoms with van der Waals surface area (Å²) in [6.45, 7) is 4.86. The lowest BCUT2D eigenvalue weighted by Crippen LogP contribution is -2.17. The number of hydrogen-bond donors (Lipinski definition) is 2. The van der Waals surface area contributed by atoms with Crippen molar-refractivity contribution in [1.82, 2.24) is 15.5 Å². The minimum atomic E-state index is 0.0392. The van der Waals surface area contributed by atoms with Gasteiger partial charge in [-0.05, 0) is 54.3 Å². The molecular formula is C12H14ClIN4O. The second-order valence-corrected chi connectivity index (χ2v) is 5.57. The molecule has 2 aromatic rings. The van der Waals surface area contributed by atoms with Crippen molar-refractivity contribution in [3.05, 3.63) is 32.7 Å². The maximum absolute atomic E-state index is 5.91. The summed E-state index contributed by atoms with van der Waals surface area (Å²) in [5, 5.41) is 15.0. The molecule has 1 unspecified atom stereocenters. The number of hydrogen-bond acceptors (Lipinski definition) is 5. The zero-order valence-corrected chi connectivity index (χ0v) is 13.5. The van der Waals surface area contributed by atoms with Crippen molar-refractivity contribution in [2.24, 2.45) is 0 Å². The van der Waals surface area contributed by atoms with Crippen LogP contribution in [0.2, 0.25) is 5.02 Å². The number of benzene rings is 1. The van der Waals surface area contributed by atoms with Gasteiger partial charge in [0.2, 0.25) is 5.89 Å². The molecule has 0 radical (unpaired) electrons. The molecular weight excluding hydrogens is 379 g/mol. The maximum atomic E-state index is 5.91. The summed E-state index contributed by atoms with van der Waals surface area (Å²) < 4.78 is 6.55. The van der Waals surface area contributed by atoms with Crippen molar-refractivity contribution >= 4 is 45.9 Å². The van der Waals surface area contributed by atoms with E-state index in [0.29, 0.717) is 16.9 Å². The van der Waals surface area contributed by atoms with Crippen LogP contribution in [0.3, 0.4) is 0 Å². The lowest BCUT2D eigenvalue weighted by atomic mass is 10.3. The molecule has 5 nitrogen and oxygen atoms in total. The van der Waals surface area contributed by atoms with Crippen molar-refractivity contribution in [2.75, 3.05) is 11.9 Å². The van der Waals surface area contributed by atoms with Crippen LogP contribution in [0.15, 0.2) is 22.6 Å². The lowest BCUT2D eigenvalue weighted by molar-refractivity contribution is 0.430. The van der Waals surface area contributed by atoms with Crippen molar-refractivity contribution in [3.8, 4) is 0 Å². The van der Waals surface area contributed by atoms with E-state index >= 15 is 0 Å². The Labute approximate surface area is 130 Å². The second-order valence-electron chi connectivity index (χ2n) is 3.97. The molecule has 102 valence electrons. The fourth-order valence-electron chi connectivity index (χ4n) is 1.56. The minimum absolute atomic E-state index is 0.0392. The van der Waals surface area contributed by atoms with Crippen LogP contribution in [-0.4, -0.2) is 16.7 Å². The Hall–Kier alpha value is -0.860. The van der Waals surface area contributed by atoms with Gasteiger partial charge in [-0.15, -0.1) is 5.10 Å². The second kappa shape index (κ2) is 6.53. The van der Waals surface area contributed by atoms with Gasteiger partial charge in [-0.2, -0.15) is 0 Å². The third kappa shape index (κ3) is 3.80. The van der Waals surface area contributed by atoms with Gasteiger partial charge in [0, 0.05) is 8.59 Å². The highest BCUT2D eigenvalue weighted by Gasteiger charge is 2.13. The Bertz CT molecular complexity index is 560. The molecule has 19 heavy (non-hydrogen) atoms. The molecule has 1 aromatic carbocycles. The SMILES string of the molecule is CCNC(C)c1nnc(Nc2ccc(Cl)cc2I)o1. The number of halogens is 2. The normalized spacial score (nSPS) is 12.4. The van der Waals surface area contributed by atoms with Crippen LogP contribution in [0, 0.1) is 3.57 Å². The molecule has 1 atom stereocenters. The van der Waals surface area contributed by atoms with E-state index in [2.05, 4.69) is 43.4 Å². The van der Waals surface area contributed by atoms with Crippen LogP contribution in [0.4, 0.5) is 11.7 Å². The van der Waals surface area contributed by atoms with Gasteiger partial charge in [0.15, 0.2) is 0 Å². The Morgan fingerprint density at radius 2 is 2.21 bits per heavy atom. The van der Waals surface area contributed by atoms with E-state index in [4.69, 9.17) is 16.0 Å². The van der Waals surface area contributed by atoms with E-state index in [1.54, 1.807) is 0 Å². The van der Waals surface area contributed by atoms with Crippen molar-refractivity contribution in [2.45, 2.75) is 19.9 Å². The standard InChI is InChI=1S/C12H14ClIN4O/c1-3-15-7(2)11-17-18-12(19-11)16-10-5-4-8(13)6-9(10)14/h4-7,15H,3H2,1-2H3,(H,16,18). The molecule has 0 aliphatic heterocycles. The van der Waals surface area contributed by atoms with Crippen LogP contribution >= 0.6 is 34.2 Å².